The van der Waals surface area contributed by atoms with Gasteiger partial charge in [-0.3, -0.25) is 9.78 Å². The number of ether oxygens (including phenoxy) is 2. The van der Waals surface area contributed by atoms with Gasteiger partial charge in [-0.25, -0.2) is 0 Å². The number of benzene rings is 1. The SMILES string of the molecule is COc1cc2c(cc1N1CCOCC1)CC(Cc1cncc(C(O)(C(F)(F)F)C(F)(F)F)c1)C2=O. The number of hydrogen-bond acceptors (Lipinski definition) is 6. The van der Waals surface area contributed by atoms with E-state index in [9.17, 15) is 36.2 Å². The molecule has 4 rings (SSSR count). The Morgan fingerprint density at radius 3 is 2.34 bits per heavy atom. The lowest BCUT2D eigenvalue weighted by molar-refractivity contribution is -0.376. The summed E-state index contributed by atoms with van der Waals surface area (Å²) in [4.78, 5) is 18.6. The summed E-state index contributed by atoms with van der Waals surface area (Å²) in [6, 6.07) is 4.05. The number of carbonyl (C=O) groups excluding carboxylic acids is 1. The minimum atomic E-state index is -6.02. The van der Waals surface area contributed by atoms with Crippen molar-refractivity contribution in [1.82, 2.24) is 4.98 Å². The van der Waals surface area contributed by atoms with Crippen molar-refractivity contribution in [3.05, 3.63) is 52.8 Å². The first kappa shape index (κ1) is 25.2. The summed E-state index contributed by atoms with van der Waals surface area (Å²) in [5, 5.41) is 9.66. The van der Waals surface area contributed by atoms with E-state index in [1.165, 1.54) is 7.11 Å². The van der Waals surface area contributed by atoms with E-state index in [1.807, 2.05) is 6.07 Å². The topological polar surface area (TPSA) is 71.9 Å². The van der Waals surface area contributed by atoms with E-state index in [0.29, 0.717) is 55.4 Å². The van der Waals surface area contributed by atoms with E-state index in [2.05, 4.69) is 9.88 Å². The lowest BCUT2D eigenvalue weighted by Gasteiger charge is -2.32. The van der Waals surface area contributed by atoms with Crippen molar-refractivity contribution in [3.63, 3.8) is 0 Å². The molecule has 6 nitrogen and oxygen atoms in total. The molecule has 1 N–H and O–H groups in total. The van der Waals surface area contributed by atoms with Crippen LogP contribution in [0, 0.1) is 5.92 Å². The number of alkyl halides is 6. The number of anilines is 1. The number of methoxy groups -OCH3 is 1. The van der Waals surface area contributed by atoms with Gasteiger partial charge >= 0.3 is 12.4 Å². The summed E-state index contributed by atoms with van der Waals surface area (Å²) in [6.07, 6.45) is -10.5. The van der Waals surface area contributed by atoms with Gasteiger partial charge in [-0.2, -0.15) is 26.3 Å². The summed E-state index contributed by atoms with van der Waals surface area (Å²) in [5.74, 6) is -0.514. The first-order chi connectivity index (χ1) is 16.4. The van der Waals surface area contributed by atoms with Crippen molar-refractivity contribution < 1.29 is 45.7 Å². The van der Waals surface area contributed by atoms with Gasteiger partial charge in [-0.1, -0.05) is 0 Å². The lowest BCUT2D eigenvalue weighted by atomic mass is 9.90. The second-order valence-electron chi connectivity index (χ2n) is 8.54. The Labute approximate surface area is 196 Å². The highest BCUT2D eigenvalue weighted by atomic mass is 19.4. The van der Waals surface area contributed by atoms with Crippen LogP contribution in [-0.4, -0.2) is 61.6 Å². The molecule has 1 saturated heterocycles. The zero-order valence-corrected chi connectivity index (χ0v) is 18.5. The van der Waals surface area contributed by atoms with Gasteiger partial charge in [-0.05, 0) is 42.2 Å². The molecule has 2 aromatic rings. The van der Waals surface area contributed by atoms with Gasteiger partial charge in [0.25, 0.3) is 5.60 Å². The van der Waals surface area contributed by atoms with Crippen molar-refractivity contribution in [2.75, 3.05) is 38.3 Å². The van der Waals surface area contributed by atoms with Gasteiger partial charge in [0, 0.05) is 42.5 Å². The summed E-state index contributed by atoms with van der Waals surface area (Å²) >= 11 is 0. The molecule has 1 atom stereocenters. The molecule has 190 valence electrons. The fourth-order valence-electron chi connectivity index (χ4n) is 4.54. The van der Waals surface area contributed by atoms with Crippen LogP contribution < -0.4 is 9.64 Å². The van der Waals surface area contributed by atoms with E-state index in [4.69, 9.17) is 9.47 Å². The van der Waals surface area contributed by atoms with E-state index in [-0.39, 0.29) is 24.2 Å². The molecule has 0 amide bonds. The molecule has 12 heteroatoms. The van der Waals surface area contributed by atoms with Crippen LogP contribution in [0.1, 0.15) is 27.0 Å². The molecule has 1 fully saturated rings. The molecule has 0 spiro atoms. The van der Waals surface area contributed by atoms with Crippen molar-refractivity contribution in [1.29, 1.82) is 0 Å². The second-order valence-corrected chi connectivity index (χ2v) is 8.54. The molecule has 1 aromatic carbocycles. The summed E-state index contributed by atoms with van der Waals surface area (Å²) < 4.78 is 90.3. The maximum atomic E-state index is 13.3. The van der Waals surface area contributed by atoms with Crippen molar-refractivity contribution in [2.24, 2.45) is 5.92 Å². The minimum absolute atomic E-state index is 0.0269. The smallest absolute Gasteiger partial charge is 0.430 e. The number of fused-ring (bicyclic) bond motifs is 1. The number of aliphatic hydroxyl groups is 1. The van der Waals surface area contributed by atoms with E-state index < -0.39 is 29.4 Å². The first-order valence-corrected chi connectivity index (χ1v) is 10.7. The summed E-state index contributed by atoms with van der Waals surface area (Å²) in [5.41, 5.74) is -4.66. The van der Waals surface area contributed by atoms with Crippen LogP contribution in [0.5, 0.6) is 5.75 Å². The van der Waals surface area contributed by atoms with Gasteiger partial charge < -0.3 is 19.5 Å². The second kappa shape index (κ2) is 8.98. The van der Waals surface area contributed by atoms with Crippen LogP contribution in [0.4, 0.5) is 32.0 Å². The summed E-state index contributed by atoms with van der Waals surface area (Å²) in [6.45, 7) is 2.33. The Morgan fingerprint density at radius 1 is 1.09 bits per heavy atom. The van der Waals surface area contributed by atoms with Gasteiger partial charge in [0.1, 0.15) is 5.75 Å². The van der Waals surface area contributed by atoms with Crippen molar-refractivity contribution >= 4 is 11.5 Å². The predicted octanol–water partition coefficient (Wildman–Crippen LogP) is 3.84. The third kappa shape index (κ3) is 4.44. The number of ketones is 1. The van der Waals surface area contributed by atoms with Crippen LogP contribution >= 0.6 is 0 Å². The Hall–Kier alpha value is -2.86. The average molecular weight is 504 g/mol. The van der Waals surface area contributed by atoms with Gasteiger partial charge in [0.15, 0.2) is 5.78 Å². The Bertz CT molecular complexity index is 1100. The van der Waals surface area contributed by atoms with Gasteiger partial charge in [-0.15, -0.1) is 0 Å². The molecule has 1 aliphatic carbocycles. The Kier molecular flexibility index (Phi) is 6.47. The first-order valence-electron chi connectivity index (χ1n) is 10.7. The van der Waals surface area contributed by atoms with Crippen LogP contribution in [0.15, 0.2) is 30.6 Å². The van der Waals surface area contributed by atoms with Crippen molar-refractivity contribution in [2.45, 2.75) is 30.8 Å². The van der Waals surface area contributed by atoms with Crippen molar-refractivity contribution in [3.8, 4) is 5.75 Å². The molecule has 0 saturated carbocycles. The number of rotatable bonds is 5. The number of pyridine rings is 1. The zero-order valence-electron chi connectivity index (χ0n) is 18.5. The molecule has 1 aliphatic heterocycles. The number of aromatic nitrogens is 1. The zero-order chi connectivity index (χ0) is 25.6. The highest BCUT2D eigenvalue weighted by Gasteiger charge is 2.71. The number of carbonyl (C=O) groups is 1. The quantitative estimate of drug-likeness (QED) is 0.625. The molecule has 1 aromatic heterocycles. The van der Waals surface area contributed by atoms with E-state index in [0.717, 1.165) is 11.9 Å². The van der Waals surface area contributed by atoms with E-state index in [1.54, 1.807) is 6.07 Å². The minimum Gasteiger partial charge on any atom is -0.495 e. The highest BCUT2D eigenvalue weighted by molar-refractivity contribution is 6.03. The molecule has 2 aliphatic rings. The molecule has 0 radical (unpaired) electrons. The van der Waals surface area contributed by atoms with Gasteiger partial charge in [0.05, 0.1) is 26.0 Å². The third-order valence-corrected chi connectivity index (χ3v) is 6.37. The highest BCUT2D eigenvalue weighted by Crippen LogP contribution is 2.50. The number of nitrogens with zero attached hydrogens (tertiary/aromatic N) is 2. The molecule has 1 unspecified atom stereocenters. The standard InChI is InChI=1S/C23H22F6N2O4/c1-34-19-10-17-14(9-18(19)31-2-4-35-5-3-31)8-15(20(17)32)6-13-7-16(12-30-11-13)21(33,22(24,25)26)23(27,28)29/h7,9-12,15,33H,2-6,8H2,1H3. The predicted molar refractivity (Wildman–Crippen MR) is 111 cm³/mol. The molecular formula is C23H22F6N2O4. The number of halogens is 6. The van der Waals surface area contributed by atoms with Crippen LogP contribution in [-0.2, 0) is 23.2 Å². The van der Waals surface area contributed by atoms with Crippen LogP contribution in [0.25, 0.3) is 0 Å². The van der Waals surface area contributed by atoms with Crippen LogP contribution in [0.2, 0.25) is 0 Å². The molecule has 35 heavy (non-hydrogen) atoms. The average Bonchev–Trinajstić information content (AvgIpc) is 3.11. The van der Waals surface area contributed by atoms with Crippen LogP contribution in [0.3, 0.4) is 0 Å². The normalized spacial score (nSPS) is 19.1. The lowest BCUT2D eigenvalue weighted by Crippen LogP contribution is -2.54. The fraction of sp³-hybridized carbons (Fsp3) is 0.478. The Balaban J connectivity index is 1.61. The number of hydrogen-bond donors (Lipinski definition) is 1. The third-order valence-electron chi connectivity index (χ3n) is 6.37. The molecular weight excluding hydrogens is 482 g/mol. The fourth-order valence-corrected chi connectivity index (χ4v) is 4.54. The summed E-state index contributed by atoms with van der Waals surface area (Å²) in [7, 11) is 1.47. The maximum absolute atomic E-state index is 13.3. The monoisotopic (exact) mass is 504 g/mol. The largest absolute Gasteiger partial charge is 0.495 e. The molecule has 0 bridgehead atoms. The Morgan fingerprint density at radius 2 is 1.74 bits per heavy atom. The number of morpholine rings is 1. The van der Waals surface area contributed by atoms with Gasteiger partial charge in [0.2, 0.25) is 0 Å². The molecule has 2 heterocycles. The maximum Gasteiger partial charge on any atom is 0.430 e. The number of Topliss-reactive ketones (excluding diaryl/α,β-unsaturated/α-hetero) is 1. The van der Waals surface area contributed by atoms with E-state index >= 15 is 0 Å².